The molecule has 0 aromatic carbocycles. The van der Waals surface area contributed by atoms with E-state index in [9.17, 15) is 4.79 Å². The molecule has 0 spiro atoms. The van der Waals surface area contributed by atoms with Gasteiger partial charge in [0.15, 0.2) is 0 Å². The molecule has 0 aromatic rings. The van der Waals surface area contributed by atoms with Gasteiger partial charge in [-0.1, -0.05) is 103 Å². The maximum Gasteiger partial charge on any atom is 0.334 e. The van der Waals surface area contributed by atoms with E-state index in [4.69, 9.17) is 4.74 Å². The minimum Gasteiger partial charge on any atom is -0.410 e. The van der Waals surface area contributed by atoms with Crippen molar-refractivity contribution in [2.45, 2.75) is 143 Å². The standard InChI is InChI=1S/C27H54NO2/c1-7-9-10-11-12-13-14-15-16-17-18-19-20-21-22-23-24-28(6,25(3)4)26(5)30-27(29)8-2/h8,25-26H,2,7,9-24H2,1,3-6H3/q+1. The second-order valence-electron chi connectivity index (χ2n) is 9.71. The Hall–Kier alpha value is -0.830. The molecule has 2 atom stereocenters. The van der Waals surface area contributed by atoms with E-state index in [-0.39, 0.29) is 12.2 Å². The molecule has 2 unspecified atom stereocenters. The largest absolute Gasteiger partial charge is 0.410 e. The zero-order valence-electron chi connectivity index (χ0n) is 21.2. The van der Waals surface area contributed by atoms with Gasteiger partial charge in [-0.25, -0.2) is 4.79 Å². The summed E-state index contributed by atoms with van der Waals surface area (Å²) in [6.07, 6.45) is 23.4. The van der Waals surface area contributed by atoms with E-state index >= 15 is 0 Å². The van der Waals surface area contributed by atoms with Crippen molar-refractivity contribution in [1.29, 1.82) is 0 Å². The molecule has 3 heteroatoms. The van der Waals surface area contributed by atoms with Crippen molar-refractivity contribution in [2.75, 3.05) is 13.6 Å². The number of rotatable bonds is 21. The Morgan fingerprint density at radius 1 is 0.767 bits per heavy atom. The van der Waals surface area contributed by atoms with E-state index in [1.165, 1.54) is 109 Å². The summed E-state index contributed by atoms with van der Waals surface area (Å²) in [5.41, 5.74) is 0. The highest BCUT2D eigenvalue weighted by Crippen LogP contribution is 2.20. The van der Waals surface area contributed by atoms with Crippen molar-refractivity contribution in [3.8, 4) is 0 Å². The molecule has 0 aliphatic heterocycles. The van der Waals surface area contributed by atoms with Crippen LogP contribution in [0.1, 0.15) is 130 Å². The lowest BCUT2D eigenvalue weighted by Gasteiger charge is -2.42. The van der Waals surface area contributed by atoms with Crippen molar-refractivity contribution in [1.82, 2.24) is 0 Å². The van der Waals surface area contributed by atoms with Gasteiger partial charge in [-0.05, 0) is 26.7 Å². The number of carbonyl (C=O) groups excluding carboxylic acids is 1. The molecule has 3 nitrogen and oxygen atoms in total. The Balaban J connectivity index is 3.64. The van der Waals surface area contributed by atoms with Crippen LogP contribution in [0, 0.1) is 0 Å². The quantitative estimate of drug-likeness (QED) is 0.0610. The number of esters is 1. The Morgan fingerprint density at radius 3 is 1.47 bits per heavy atom. The molecule has 0 saturated heterocycles. The summed E-state index contributed by atoms with van der Waals surface area (Å²) in [7, 11) is 2.21. The summed E-state index contributed by atoms with van der Waals surface area (Å²) in [4.78, 5) is 11.6. The molecule has 0 aliphatic carbocycles. The fourth-order valence-electron chi connectivity index (χ4n) is 4.20. The molecule has 0 amide bonds. The maximum atomic E-state index is 11.6. The summed E-state index contributed by atoms with van der Waals surface area (Å²) in [5.74, 6) is -0.320. The van der Waals surface area contributed by atoms with E-state index in [0.717, 1.165) is 11.0 Å². The zero-order chi connectivity index (χ0) is 22.7. The smallest absolute Gasteiger partial charge is 0.334 e. The lowest BCUT2D eigenvalue weighted by molar-refractivity contribution is -0.969. The summed E-state index contributed by atoms with van der Waals surface area (Å²) >= 11 is 0. The van der Waals surface area contributed by atoms with Gasteiger partial charge in [-0.2, -0.15) is 0 Å². The second kappa shape index (κ2) is 18.9. The molecule has 0 rings (SSSR count). The highest BCUT2D eigenvalue weighted by molar-refractivity contribution is 5.81. The lowest BCUT2D eigenvalue weighted by Crippen LogP contribution is -2.57. The van der Waals surface area contributed by atoms with Gasteiger partial charge < -0.3 is 4.74 Å². The van der Waals surface area contributed by atoms with Gasteiger partial charge in [0.05, 0.1) is 19.6 Å². The number of unbranched alkanes of at least 4 members (excludes halogenated alkanes) is 15. The van der Waals surface area contributed by atoms with Crippen molar-refractivity contribution >= 4 is 5.97 Å². The van der Waals surface area contributed by atoms with Crippen molar-refractivity contribution in [3.05, 3.63) is 12.7 Å². The first kappa shape index (κ1) is 29.2. The average molecular weight is 425 g/mol. The van der Waals surface area contributed by atoms with Crippen LogP contribution in [0.4, 0.5) is 0 Å². The van der Waals surface area contributed by atoms with Gasteiger partial charge in [0, 0.05) is 13.0 Å². The average Bonchev–Trinajstić information content (AvgIpc) is 2.72. The predicted molar refractivity (Wildman–Crippen MR) is 131 cm³/mol. The molecule has 0 bridgehead atoms. The molecular formula is C27H54NO2+. The highest BCUT2D eigenvalue weighted by atomic mass is 16.6. The van der Waals surface area contributed by atoms with Crippen LogP contribution >= 0.6 is 0 Å². The molecule has 178 valence electrons. The van der Waals surface area contributed by atoms with Crippen LogP contribution in [-0.4, -0.2) is 36.3 Å². The third-order valence-corrected chi connectivity index (χ3v) is 6.96. The van der Waals surface area contributed by atoms with E-state index in [1.54, 1.807) is 0 Å². The SMILES string of the molecule is C=CC(=O)OC(C)[N+](C)(CCCCCCCCCCCCCCCCCC)C(C)C. The molecule has 30 heavy (non-hydrogen) atoms. The predicted octanol–water partition coefficient (Wildman–Crippen LogP) is 8.18. The summed E-state index contributed by atoms with van der Waals surface area (Å²) < 4.78 is 6.30. The fourth-order valence-corrected chi connectivity index (χ4v) is 4.20. The normalized spacial score (nSPS) is 14.5. The number of carbonyl (C=O) groups is 1. The van der Waals surface area contributed by atoms with Crippen LogP contribution < -0.4 is 0 Å². The van der Waals surface area contributed by atoms with Gasteiger partial charge in [0.25, 0.3) is 0 Å². The number of hydrogen-bond donors (Lipinski definition) is 0. The number of hydrogen-bond acceptors (Lipinski definition) is 2. The molecule has 0 saturated carbocycles. The van der Waals surface area contributed by atoms with Crippen molar-refractivity contribution in [2.24, 2.45) is 0 Å². The minimum absolute atomic E-state index is 0.133. The molecule has 0 fully saturated rings. The van der Waals surface area contributed by atoms with Crippen LogP contribution in [0.3, 0.4) is 0 Å². The molecule has 0 aliphatic rings. The first-order valence-electron chi connectivity index (χ1n) is 13.1. The molecule has 0 aromatic heterocycles. The van der Waals surface area contributed by atoms with Crippen molar-refractivity contribution in [3.63, 3.8) is 0 Å². The molecular weight excluding hydrogens is 370 g/mol. The Morgan fingerprint density at radius 2 is 1.13 bits per heavy atom. The third kappa shape index (κ3) is 14.2. The van der Waals surface area contributed by atoms with Crippen LogP contribution in [0.15, 0.2) is 12.7 Å². The monoisotopic (exact) mass is 424 g/mol. The van der Waals surface area contributed by atoms with Gasteiger partial charge in [-0.3, -0.25) is 4.48 Å². The number of nitrogens with zero attached hydrogens (tertiary/aromatic N) is 1. The molecule has 0 radical (unpaired) electrons. The Kier molecular flexibility index (Phi) is 18.4. The van der Waals surface area contributed by atoms with Crippen LogP contribution in [0.25, 0.3) is 0 Å². The molecule has 0 N–H and O–H groups in total. The van der Waals surface area contributed by atoms with Crippen LogP contribution in [0.5, 0.6) is 0 Å². The van der Waals surface area contributed by atoms with Crippen LogP contribution in [-0.2, 0) is 9.53 Å². The van der Waals surface area contributed by atoms with Gasteiger partial charge in [0.1, 0.15) is 0 Å². The van der Waals surface area contributed by atoms with Crippen LogP contribution in [0.2, 0.25) is 0 Å². The van der Waals surface area contributed by atoms with Gasteiger partial charge >= 0.3 is 5.97 Å². The topological polar surface area (TPSA) is 26.3 Å². The van der Waals surface area contributed by atoms with Gasteiger partial charge in [0.2, 0.25) is 6.23 Å². The summed E-state index contributed by atoms with van der Waals surface area (Å²) in [5, 5.41) is 0. The number of ether oxygens (including phenoxy) is 1. The first-order valence-corrected chi connectivity index (χ1v) is 13.1. The maximum absolute atomic E-state index is 11.6. The van der Waals surface area contributed by atoms with Crippen molar-refractivity contribution < 1.29 is 14.0 Å². The zero-order valence-corrected chi connectivity index (χ0v) is 21.2. The first-order chi connectivity index (χ1) is 14.4. The fraction of sp³-hybridized carbons (Fsp3) is 0.889. The lowest BCUT2D eigenvalue weighted by atomic mass is 10.0. The summed E-state index contributed by atoms with van der Waals surface area (Å²) in [6, 6.07) is 0.425. The summed E-state index contributed by atoms with van der Waals surface area (Å²) in [6.45, 7) is 13.3. The van der Waals surface area contributed by atoms with E-state index in [1.807, 2.05) is 6.92 Å². The Bertz CT molecular complexity index is 421. The highest BCUT2D eigenvalue weighted by Gasteiger charge is 2.34. The van der Waals surface area contributed by atoms with Gasteiger partial charge in [-0.15, -0.1) is 0 Å². The van der Waals surface area contributed by atoms with E-state index in [2.05, 4.69) is 34.4 Å². The number of quaternary nitrogens is 1. The van der Waals surface area contributed by atoms with E-state index < -0.39 is 0 Å². The minimum atomic E-state index is -0.320. The molecule has 0 heterocycles. The Labute approximate surface area is 189 Å². The van der Waals surface area contributed by atoms with E-state index in [0.29, 0.717) is 6.04 Å². The second-order valence-corrected chi connectivity index (χ2v) is 9.71. The third-order valence-electron chi connectivity index (χ3n) is 6.96.